The summed E-state index contributed by atoms with van der Waals surface area (Å²) in [6.07, 6.45) is 2.56. The zero-order valence-corrected chi connectivity index (χ0v) is 9.70. The summed E-state index contributed by atoms with van der Waals surface area (Å²) in [6, 6.07) is 8.73. The van der Waals surface area contributed by atoms with Gasteiger partial charge in [0.15, 0.2) is 0 Å². The molecule has 0 aromatic heterocycles. The van der Waals surface area contributed by atoms with Crippen LogP contribution < -0.4 is 0 Å². The van der Waals surface area contributed by atoms with E-state index in [0.717, 1.165) is 13.2 Å². The number of isothiocyanates is 1. The summed E-state index contributed by atoms with van der Waals surface area (Å²) in [6.45, 7) is 2.00. The third-order valence-electron chi connectivity index (χ3n) is 2.00. The van der Waals surface area contributed by atoms with Gasteiger partial charge < -0.3 is 4.74 Å². The second-order valence-electron chi connectivity index (χ2n) is 3.19. The molecule has 0 radical (unpaired) electrons. The van der Waals surface area contributed by atoms with Crippen molar-refractivity contribution in [1.82, 2.24) is 0 Å². The van der Waals surface area contributed by atoms with Gasteiger partial charge in [-0.25, -0.2) is 0 Å². The number of hydrogen-bond donors (Lipinski definition) is 0. The number of hydrogen-bond acceptors (Lipinski definition) is 3. The Morgan fingerprint density at radius 2 is 1.88 bits per heavy atom. The van der Waals surface area contributed by atoms with Crippen molar-refractivity contribution in [2.75, 3.05) is 13.2 Å². The van der Waals surface area contributed by atoms with Gasteiger partial charge in [-0.15, -0.1) is 0 Å². The Hall–Kier alpha value is -1.35. The van der Waals surface area contributed by atoms with Gasteiger partial charge in [0.25, 0.3) is 5.91 Å². The first-order chi connectivity index (χ1) is 7.84. The van der Waals surface area contributed by atoms with Crippen molar-refractivity contribution in [3.05, 3.63) is 35.9 Å². The molecular weight excluding hydrogens is 222 g/mol. The molecule has 0 N–H and O–H groups in total. The van der Waals surface area contributed by atoms with E-state index in [1.54, 1.807) is 24.3 Å². The fourth-order valence-corrected chi connectivity index (χ4v) is 1.28. The summed E-state index contributed by atoms with van der Waals surface area (Å²) >= 11 is 4.29. The summed E-state index contributed by atoms with van der Waals surface area (Å²) in [5, 5.41) is 2.02. The Balaban J connectivity index is 0.000000212. The highest BCUT2D eigenvalue weighted by Crippen LogP contribution is 1.99. The topological polar surface area (TPSA) is 38.7 Å². The number of aliphatic imine (C=N–C) groups is 1. The summed E-state index contributed by atoms with van der Waals surface area (Å²) in [4.78, 5) is 14.3. The zero-order valence-electron chi connectivity index (χ0n) is 8.89. The maximum absolute atomic E-state index is 10.9. The molecule has 84 valence electrons. The van der Waals surface area contributed by atoms with Crippen molar-refractivity contribution < 1.29 is 9.53 Å². The Kier molecular flexibility index (Phi) is 6.26. The molecule has 1 heterocycles. The van der Waals surface area contributed by atoms with Gasteiger partial charge in [-0.2, -0.15) is 4.99 Å². The van der Waals surface area contributed by atoms with Gasteiger partial charge in [-0.05, 0) is 37.2 Å². The molecule has 1 fully saturated rings. The minimum absolute atomic E-state index is 0.347. The average molecular weight is 235 g/mol. The molecule has 1 aromatic carbocycles. The Labute approximate surface area is 100 Å². The lowest BCUT2D eigenvalue weighted by Crippen LogP contribution is -1.91. The second kappa shape index (κ2) is 7.88. The lowest BCUT2D eigenvalue weighted by Gasteiger charge is -1.89. The van der Waals surface area contributed by atoms with E-state index in [1.165, 1.54) is 12.8 Å². The number of nitrogens with zero attached hydrogens (tertiary/aromatic N) is 1. The van der Waals surface area contributed by atoms with Gasteiger partial charge in [0.2, 0.25) is 0 Å². The van der Waals surface area contributed by atoms with Gasteiger partial charge in [-0.3, -0.25) is 4.79 Å². The molecule has 4 heteroatoms. The summed E-state index contributed by atoms with van der Waals surface area (Å²) in [7, 11) is 0. The molecule has 3 nitrogen and oxygen atoms in total. The van der Waals surface area contributed by atoms with E-state index in [0.29, 0.717) is 5.56 Å². The zero-order chi connectivity index (χ0) is 11.6. The number of amides is 1. The van der Waals surface area contributed by atoms with Crippen molar-refractivity contribution >= 4 is 23.3 Å². The van der Waals surface area contributed by atoms with Crippen LogP contribution >= 0.6 is 12.2 Å². The number of carbonyl (C=O) groups is 1. The van der Waals surface area contributed by atoms with E-state index >= 15 is 0 Å². The van der Waals surface area contributed by atoms with Crippen LogP contribution in [0.3, 0.4) is 0 Å². The van der Waals surface area contributed by atoms with Crippen LogP contribution in [0.1, 0.15) is 23.2 Å². The number of rotatable bonds is 1. The Morgan fingerprint density at radius 3 is 2.31 bits per heavy atom. The molecule has 1 aromatic rings. The van der Waals surface area contributed by atoms with Crippen molar-refractivity contribution in [3.63, 3.8) is 0 Å². The second-order valence-corrected chi connectivity index (χ2v) is 3.38. The fraction of sp³-hybridized carbons (Fsp3) is 0.333. The minimum atomic E-state index is -0.347. The van der Waals surface area contributed by atoms with E-state index in [2.05, 4.69) is 17.2 Å². The van der Waals surface area contributed by atoms with Crippen LogP contribution in [0.5, 0.6) is 0 Å². The van der Waals surface area contributed by atoms with Gasteiger partial charge in [-0.1, -0.05) is 18.2 Å². The number of ether oxygens (including phenoxy) is 1. The lowest BCUT2D eigenvalue weighted by atomic mass is 10.2. The minimum Gasteiger partial charge on any atom is -0.381 e. The first-order valence-corrected chi connectivity index (χ1v) is 5.50. The number of carbonyl (C=O) groups excluding carboxylic acids is 1. The SMILES string of the molecule is C1CCOC1.O=C(N=C=S)c1ccccc1. The normalized spacial score (nSPS) is 13.2. The molecule has 0 bridgehead atoms. The van der Waals surface area contributed by atoms with E-state index in [4.69, 9.17) is 4.74 Å². The molecule has 0 spiro atoms. The van der Waals surface area contributed by atoms with Crippen LogP contribution in [0, 0.1) is 0 Å². The average Bonchev–Trinajstić information content (AvgIpc) is 2.89. The van der Waals surface area contributed by atoms with Crippen LogP contribution in [-0.4, -0.2) is 24.3 Å². The van der Waals surface area contributed by atoms with E-state index in [9.17, 15) is 4.79 Å². The van der Waals surface area contributed by atoms with Gasteiger partial charge in [0.05, 0.1) is 5.16 Å². The molecule has 1 aliphatic rings. The van der Waals surface area contributed by atoms with Crippen molar-refractivity contribution in [2.24, 2.45) is 4.99 Å². The fourth-order valence-electron chi connectivity index (χ4n) is 1.20. The summed E-state index contributed by atoms with van der Waals surface area (Å²) in [5.41, 5.74) is 0.532. The monoisotopic (exact) mass is 235 g/mol. The highest BCUT2D eigenvalue weighted by atomic mass is 32.1. The first-order valence-electron chi connectivity index (χ1n) is 5.09. The molecule has 2 rings (SSSR count). The van der Waals surface area contributed by atoms with Crippen LogP contribution in [0.2, 0.25) is 0 Å². The Bertz CT molecular complexity index is 360. The highest BCUT2D eigenvalue weighted by Gasteiger charge is 1.99. The maximum Gasteiger partial charge on any atom is 0.285 e. The van der Waals surface area contributed by atoms with E-state index in [1.807, 2.05) is 11.2 Å². The third-order valence-corrected chi connectivity index (χ3v) is 2.09. The van der Waals surface area contributed by atoms with Crippen molar-refractivity contribution in [1.29, 1.82) is 0 Å². The molecule has 1 saturated heterocycles. The summed E-state index contributed by atoms with van der Waals surface area (Å²) < 4.78 is 4.94. The molecule has 1 amide bonds. The summed E-state index contributed by atoms with van der Waals surface area (Å²) in [5.74, 6) is -0.347. The molecular formula is C12H13NO2S. The van der Waals surface area contributed by atoms with Gasteiger partial charge in [0.1, 0.15) is 0 Å². The largest absolute Gasteiger partial charge is 0.381 e. The quantitative estimate of drug-likeness (QED) is 0.555. The molecule has 0 saturated carbocycles. The molecule has 1 aliphatic heterocycles. The molecule has 16 heavy (non-hydrogen) atoms. The van der Waals surface area contributed by atoms with E-state index in [-0.39, 0.29) is 5.91 Å². The third kappa shape index (κ3) is 4.94. The molecule has 0 unspecified atom stereocenters. The first kappa shape index (κ1) is 12.7. The van der Waals surface area contributed by atoms with Crippen LogP contribution in [0.4, 0.5) is 0 Å². The highest BCUT2D eigenvalue weighted by molar-refractivity contribution is 7.78. The Morgan fingerprint density at radius 1 is 1.25 bits per heavy atom. The maximum atomic E-state index is 10.9. The van der Waals surface area contributed by atoms with E-state index < -0.39 is 0 Å². The number of thiocarbonyl (C=S) groups is 1. The van der Waals surface area contributed by atoms with Crippen LogP contribution in [0.25, 0.3) is 0 Å². The van der Waals surface area contributed by atoms with Crippen molar-refractivity contribution in [2.45, 2.75) is 12.8 Å². The number of benzene rings is 1. The standard InChI is InChI=1S/C8H5NOS.C4H8O/c10-8(9-6-11)7-4-2-1-3-5-7;1-2-4-5-3-1/h1-5H;1-4H2. The van der Waals surface area contributed by atoms with Crippen LogP contribution in [0.15, 0.2) is 35.3 Å². The van der Waals surface area contributed by atoms with Gasteiger partial charge in [0, 0.05) is 18.8 Å². The predicted octanol–water partition coefficient (Wildman–Crippen LogP) is 2.73. The lowest BCUT2D eigenvalue weighted by molar-refractivity contribution is 0.100. The van der Waals surface area contributed by atoms with Crippen molar-refractivity contribution in [3.8, 4) is 0 Å². The smallest absolute Gasteiger partial charge is 0.285 e. The molecule has 0 aliphatic carbocycles. The van der Waals surface area contributed by atoms with Crippen LogP contribution in [-0.2, 0) is 4.74 Å². The molecule has 0 atom stereocenters. The van der Waals surface area contributed by atoms with Gasteiger partial charge >= 0.3 is 0 Å². The predicted molar refractivity (Wildman–Crippen MR) is 65.9 cm³/mol.